The standard InChI is InChI=1S/C7H16O2SSi/c1-7(10)9-5-4-6-11(3)8-2/h11H,4-6H2,1-3H3. The Hall–Kier alpha value is 0.0669. The summed E-state index contributed by atoms with van der Waals surface area (Å²) in [7, 11) is 0.912. The van der Waals surface area contributed by atoms with Gasteiger partial charge < -0.3 is 9.16 Å². The second-order valence-electron chi connectivity index (χ2n) is 2.53. The van der Waals surface area contributed by atoms with Crippen molar-refractivity contribution in [3.05, 3.63) is 0 Å². The molecule has 0 rings (SSSR count). The molecule has 4 heteroatoms. The van der Waals surface area contributed by atoms with E-state index in [0.29, 0.717) is 5.05 Å². The number of ether oxygens (including phenoxy) is 1. The van der Waals surface area contributed by atoms with E-state index >= 15 is 0 Å². The van der Waals surface area contributed by atoms with Gasteiger partial charge in [0.2, 0.25) is 0 Å². The Balaban J connectivity index is 3.08. The molecule has 0 bridgehead atoms. The van der Waals surface area contributed by atoms with Gasteiger partial charge in [0.15, 0.2) is 14.1 Å². The van der Waals surface area contributed by atoms with Crippen LogP contribution in [-0.2, 0) is 9.16 Å². The van der Waals surface area contributed by atoms with Crippen LogP contribution in [-0.4, -0.2) is 27.8 Å². The molecule has 0 fully saturated rings. The van der Waals surface area contributed by atoms with Crippen molar-refractivity contribution in [2.24, 2.45) is 0 Å². The van der Waals surface area contributed by atoms with Crippen LogP contribution in [0.1, 0.15) is 13.3 Å². The molecule has 0 saturated carbocycles. The Bertz CT molecular complexity index is 119. The molecule has 0 radical (unpaired) electrons. The summed E-state index contributed by atoms with van der Waals surface area (Å²) in [6.07, 6.45) is 1.06. The highest BCUT2D eigenvalue weighted by atomic mass is 32.1. The van der Waals surface area contributed by atoms with Crippen LogP contribution in [0.4, 0.5) is 0 Å². The molecule has 0 amide bonds. The predicted octanol–water partition coefficient (Wildman–Crippen LogP) is 1.74. The van der Waals surface area contributed by atoms with Crippen molar-refractivity contribution >= 4 is 26.3 Å². The molecule has 66 valence electrons. The molecule has 0 aliphatic rings. The summed E-state index contributed by atoms with van der Waals surface area (Å²) in [5.41, 5.74) is 0. The quantitative estimate of drug-likeness (QED) is 0.375. The van der Waals surface area contributed by atoms with Gasteiger partial charge in [-0.15, -0.1) is 0 Å². The Labute approximate surface area is 75.6 Å². The van der Waals surface area contributed by atoms with E-state index in [0.717, 1.165) is 13.0 Å². The fourth-order valence-corrected chi connectivity index (χ4v) is 1.77. The van der Waals surface area contributed by atoms with Crippen molar-refractivity contribution in [1.29, 1.82) is 0 Å². The topological polar surface area (TPSA) is 18.5 Å². The lowest BCUT2D eigenvalue weighted by Gasteiger charge is -2.07. The van der Waals surface area contributed by atoms with E-state index < -0.39 is 9.04 Å². The monoisotopic (exact) mass is 192 g/mol. The lowest BCUT2D eigenvalue weighted by Crippen LogP contribution is -2.11. The van der Waals surface area contributed by atoms with Crippen molar-refractivity contribution in [3.8, 4) is 0 Å². The first-order valence-electron chi connectivity index (χ1n) is 3.83. The van der Waals surface area contributed by atoms with E-state index in [2.05, 4.69) is 6.55 Å². The molecule has 0 N–H and O–H groups in total. The zero-order valence-corrected chi connectivity index (χ0v) is 9.39. The van der Waals surface area contributed by atoms with E-state index in [1.807, 2.05) is 0 Å². The average Bonchev–Trinajstić information content (AvgIpc) is 1.97. The molecule has 0 aromatic carbocycles. The first-order valence-corrected chi connectivity index (χ1v) is 6.68. The predicted molar refractivity (Wildman–Crippen MR) is 53.7 cm³/mol. The number of rotatable bonds is 5. The normalized spacial score (nSPS) is 12.6. The van der Waals surface area contributed by atoms with Gasteiger partial charge in [-0.25, -0.2) is 0 Å². The van der Waals surface area contributed by atoms with Crippen LogP contribution in [0.3, 0.4) is 0 Å². The van der Waals surface area contributed by atoms with Gasteiger partial charge in [-0.1, -0.05) is 0 Å². The third-order valence-corrected chi connectivity index (χ3v) is 3.61. The molecule has 0 aromatic rings. The zero-order chi connectivity index (χ0) is 8.69. The van der Waals surface area contributed by atoms with Crippen molar-refractivity contribution in [3.63, 3.8) is 0 Å². The molecule has 1 unspecified atom stereocenters. The second kappa shape index (κ2) is 6.76. The van der Waals surface area contributed by atoms with Crippen LogP contribution < -0.4 is 0 Å². The number of thiocarbonyl (C=S) groups is 1. The number of hydrogen-bond acceptors (Lipinski definition) is 3. The minimum absolute atomic E-state index is 0.636. The van der Waals surface area contributed by atoms with Gasteiger partial charge in [0.25, 0.3) is 0 Å². The Morgan fingerprint density at radius 2 is 2.18 bits per heavy atom. The molecule has 1 atom stereocenters. The van der Waals surface area contributed by atoms with Gasteiger partial charge in [-0.2, -0.15) is 0 Å². The minimum Gasteiger partial charge on any atom is -0.487 e. The summed E-state index contributed by atoms with van der Waals surface area (Å²) in [5.74, 6) is 0. The third kappa shape index (κ3) is 7.97. The molecule has 0 spiro atoms. The summed E-state index contributed by atoms with van der Waals surface area (Å²) in [5, 5.41) is 0.636. The fraction of sp³-hybridized carbons (Fsp3) is 0.857. The summed E-state index contributed by atoms with van der Waals surface area (Å²) >= 11 is 4.76. The van der Waals surface area contributed by atoms with Crippen molar-refractivity contribution in [1.82, 2.24) is 0 Å². The molecular formula is C7H16O2SSi. The van der Waals surface area contributed by atoms with Crippen molar-refractivity contribution in [2.75, 3.05) is 13.7 Å². The summed E-state index contributed by atoms with van der Waals surface area (Å²) in [6, 6.07) is 1.17. The minimum atomic E-state index is -0.868. The van der Waals surface area contributed by atoms with Gasteiger partial charge in [-0.05, 0) is 31.2 Å². The average molecular weight is 192 g/mol. The molecule has 11 heavy (non-hydrogen) atoms. The fourth-order valence-electron chi connectivity index (χ4n) is 0.705. The van der Waals surface area contributed by atoms with E-state index in [9.17, 15) is 0 Å². The smallest absolute Gasteiger partial charge is 0.173 e. The van der Waals surface area contributed by atoms with E-state index in [1.54, 1.807) is 14.0 Å². The van der Waals surface area contributed by atoms with Gasteiger partial charge >= 0.3 is 0 Å². The molecule has 0 aliphatic heterocycles. The molecule has 0 saturated heterocycles. The molecule has 0 aliphatic carbocycles. The van der Waals surface area contributed by atoms with Crippen LogP contribution in [0.25, 0.3) is 0 Å². The lowest BCUT2D eigenvalue weighted by atomic mass is 10.5. The summed E-state index contributed by atoms with van der Waals surface area (Å²) in [6.45, 7) is 4.73. The van der Waals surface area contributed by atoms with Crippen LogP contribution in [0.15, 0.2) is 0 Å². The van der Waals surface area contributed by atoms with Crippen LogP contribution in [0, 0.1) is 0 Å². The van der Waals surface area contributed by atoms with Crippen LogP contribution in [0.5, 0.6) is 0 Å². The zero-order valence-electron chi connectivity index (χ0n) is 7.42. The highest BCUT2D eigenvalue weighted by molar-refractivity contribution is 7.80. The van der Waals surface area contributed by atoms with Crippen LogP contribution in [0.2, 0.25) is 12.6 Å². The van der Waals surface area contributed by atoms with Gasteiger partial charge in [0, 0.05) is 14.0 Å². The molecule has 2 nitrogen and oxygen atoms in total. The van der Waals surface area contributed by atoms with Gasteiger partial charge in [0.1, 0.15) is 0 Å². The summed E-state index contributed by atoms with van der Waals surface area (Å²) < 4.78 is 10.3. The highest BCUT2D eigenvalue weighted by Gasteiger charge is 2.01. The SMILES string of the molecule is CO[SiH](C)CCCOC(C)=S. The van der Waals surface area contributed by atoms with Gasteiger partial charge in [0.05, 0.1) is 6.61 Å². The molecule has 0 aromatic heterocycles. The highest BCUT2D eigenvalue weighted by Crippen LogP contribution is 1.98. The maximum absolute atomic E-state index is 5.21. The van der Waals surface area contributed by atoms with Crippen molar-refractivity contribution in [2.45, 2.75) is 25.9 Å². The molecule has 0 heterocycles. The third-order valence-electron chi connectivity index (χ3n) is 1.46. The maximum Gasteiger partial charge on any atom is 0.173 e. The Morgan fingerprint density at radius 3 is 2.64 bits per heavy atom. The first kappa shape index (κ1) is 11.1. The van der Waals surface area contributed by atoms with Crippen LogP contribution >= 0.6 is 12.2 Å². The van der Waals surface area contributed by atoms with E-state index in [1.165, 1.54) is 6.04 Å². The maximum atomic E-state index is 5.21. The first-order chi connectivity index (χ1) is 5.16. The Kier molecular flexibility index (Phi) is 6.80. The van der Waals surface area contributed by atoms with E-state index in [-0.39, 0.29) is 0 Å². The van der Waals surface area contributed by atoms with Crippen molar-refractivity contribution < 1.29 is 9.16 Å². The lowest BCUT2D eigenvalue weighted by molar-refractivity contribution is 0.307. The Morgan fingerprint density at radius 1 is 1.55 bits per heavy atom. The largest absolute Gasteiger partial charge is 0.487 e. The van der Waals surface area contributed by atoms with E-state index in [4.69, 9.17) is 21.4 Å². The number of hydrogen-bond donors (Lipinski definition) is 0. The summed E-state index contributed by atoms with van der Waals surface area (Å²) in [4.78, 5) is 0. The molecular weight excluding hydrogens is 176 g/mol. The van der Waals surface area contributed by atoms with Gasteiger partial charge in [-0.3, -0.25) is 0 Å². The second-order valence-corrected chi connectivity index (χ2v) is 5.77.